The summed E-state index contributed by atoms with van der Waals surface area (Å²) < 4.78 is 5.30. The number of hydrogen-bond acceptors (Lipinski definition) is 7. The molecule has 1 aromatic heterocycles. The minimum absolute atomic E-state index is 0.00227. The third-order valence-electron chi connectivity index (χ3n) is 4.25. The lowest BCUT2D eigenvalue weighted by Gasteiger charge is -2.09. The molecule has 30 heavy (non-hydrogen) atoms. The fourth-order valence-electron chi connectivity index (χ4n) is 2.77. The van der Waals surface area contributed by atoms with Crippen molar-refractivity contribution in [3.05, 3.63) is 76.3 Å². The Morgan fingerprint density at radius 1 is 1.13 bits per heavy atom. The average molecular weight is 424 g/mol. The van der Waals surface area contributed by atoms with E-state index in [0.717, 1.165) is 11.3 Å². The first-order valence-electron chi connectivity index (χ1n) is 9.17. The van der Waals surface area contributed by atoms with E-state index in [1.807, 2.05) is 24.3 Å². The molecule has 0 aliphatic carbocycles. The van der Waals surface area contributed by atoms with Gasteiger partial charge in [-0.25, -0.2) is 0 Å². The second-order valence-corrected chi connectivity index (χ2v) is 7.26. The molecule has 0 radical (unpaired) electrons. The number of nitro groups is 1. The highest BCUT2D eigenvalue weighted by Crippen LogP contribution is 2.23. The average Bonchev–Trinajstić information content (AvgIpc) is 2.78. The zero-order valence-corrected chi connectivity index (χ0v) is 17.1. The van der Waals surface area contributed by atoms with Crippen LogP contribution >= 0.6 is 11.8 Å². The number of rotatable bonds is 9. The van der Waals surface area contributed by atoms with Gasteiger partial charge >= 0.3 is 0 Å². The van der Waals surface area contributed by atoms with Crippen molar-refractivity contribution >= 4 is 23.4 Å². The molecule has 3 aromatic rings. The summed E-state index contributed by atoms with van der Waals surface area (Å²) in [5.41, 5.74) is 2.18. The molecule has 0 unspecified atom stereocenters. The number of benzene rings is 2. The monoisotopic (exact) mass is 424 g/mol. The number of ether oxygens (including phenoxy) is 1. The number of amides is 1. The molecular weight excluding hydrogens is 404 g/mol. The first-order valence-corrected chi connectivity index (χ1v) is 10.2. The third kappa shape index (κ3) is 5.77. The van der Waals surface area contributed by atoms with Crippen LogP contribution in [0, 0.1) is 10.1 Å². The van der Waals surface area contributed by atoms with E-state index in [2.05, 4.69) is 15.5 Å². The molecule has 0 bridgehead atoms. The Bertz CT molecular complexity index is 1030. The summed E-state index contributed by atoms with van der Waals surface area (Å²) in [5, 5.41) is 22.6. The van der Waals surface area contributed by atoms with Crippen molar-refractivity contribution in [3.8, 4) is 17.0 Å². The van der Waals surface area contributed by atoms with Crippen LogP contribution in [0.5, 0.6) is 5.75 Å². The Balaban J connectivity index is 1.48. The summed E-state index contributed by atoms with van der Waals surface area (Å²) in [6.07, 6.45) is 0.679. The Morgan fingerprint density at radius 2 is 1.97 bits per heavy atom. The van der Waals surface area contributed by atoms with Crippen LogP contribution in [0.3, 0.4) is 0 Å². The number of aromatic nitrogens is 2. The van der Waals surface area contributed by atoms with E-state index in [-0.39, 0.29) is 17.3 Å². The van der Waals surface area contributed by atoms with E-state index in [0.29, 0.717) is 29.2 Å². The number of nitrogens with one attached hydrogen (secondary N) is 1. The van der Waals surface area contributed by atoms with E-state index < -0.39 is 4.92 Å². The highest BCUT2D eigenvalue weighted by atomic mass is 32.2. The van der Waals surface area contributed by atoms with Gasteiger partial charge in [0.25, 0.3) is 5.69 Å². The smallest absolute Gasteiger partial charge is 0.270 e. The van der Waals surface area contributed by atoms with Gasteiger partial charge in [0.1, 0.15) is 10.8 Å². The lowest BCUT2D eigenvalue weighted by Crippen LogP contribution is -2.27. The summed E-state index contributed by atoms with van der Waals surface area (Å²) in [7, 11) is 1.62. The molecule has 8 nitrogen and oxygen atoms in total. The van der Waals surface area contributed by atoms with Crippen LogP contribution in [0.4, 0.5) is 5.69 Å². The summed E-state index contributed by atoms with van der Waals surface area (Å²) in [6, 6.07) is 17.4. The number of nitro benzene ring substituents is 1. The van der Waals surface area contributed by atoms with Crippen LogP contribution in [0.15, 0.2) is 65.7 Å². The van der Waals surface area contributed by atoms with Gasteiger partial charge in [-0.2, -0.15) is 0 Å². The van der Waals surface area contributed by atoms with Crippen LogP contribution in [0.25, 0.3) is 11.3 Å². The van der Waals surface area contributed by atoms with Crippen molar-refractivity contribution in [2.45, 2.75) is 11.4 Å². The fraction of sp³-hybridized carbons (Fsp3) is 0.190. The predicted molar refractivity (Wildman–Crippen MR) is 115 cm³/mol. The third-order valence-corrected chi connectivity index (χ3v) is 5.17. The SMILES string of the molecule is COc1ccccc1CCNC(=O)CSc1ccc(-c2cccc([N+](=O)[O-])c2)nn1. The number of nitrogens with zero attached hydrogens (tertiary/aromatic N) is 3. The van der Waals surface area contributed by atoms with E-state index in [1.54, 1.807) is 31.4 Å². The number of non-ortho nitro benzene ring substituents is 1. The van der Waals surface area contributed by atoms with E-state index >= 15 is 0 Å². The van der Waals surface area contributed by atoms with Crippen LogP contribution in [0.2, 0.25) is 0 Å². The second kappa shape index (κ2) is 10.4. The lowest BCUT2D eigenvalue weighted by atomic mass is 10.1. The minimum Gasteiger partial charge on any atom is -0.496 e. The molecule has 3 rings (SSSR count). The number of carbonyl (C=O) groups is 1. The van der Waals surface area contributed by atoms with Gasteiger partial charge in [-0.1, -0.05) is 42.1 Å². The number of methoxy groups -OCH3 is 1. The van der Waals surface area contributed by atoms with Gasteiger partial charge in [0, 0.05) is 24.2 Å². The van der Waals surface area contributed by atoms with Gasteiger partial charge < -0.3 is 10.1 Å². The first kappa shape index (κ1) is 21.3. The van der Waals surface area contributed by atoms with E-state index in [9.17, 15) is 14.9 Å². The minimum atomic E-state index is -0.451. The van der Waals surface area contributed by atoms with E-state index in [1.165, 1.54) is 23.9 Å². The number of carbonyl (C=O) groups excluding carboxylic acids is 1. The van der Waals surface area contributed by atoms with Crippen molar-refractivity contribution in [2.75, 3.05) is 19.4 Å². The first-order chi connectivity index (χ1) is 14.6. The van der Waals surface area contributed by atoms with Crippen molar-refractivity contribution in [1.29, 1.82) is 0 Å². The van der Waals surface area contributed by atoms with Gasteiger partial charge in [-0.15, -0.1) is 10.2 Å². The number of hydrogen-bond donors (Lipinski definition) is 1. The molecule has 154 valence electrons. The summed E-state index contributed by atoms with van der Waals surface area (Å²) >= 11 is 1.28. The molecule has 9 heteroatoms. The van der Waals surface area contributed by atoms with Crippen molar-refractivity contribution in [3.63, 3.8) is 0 Å². The normalized spacial score (nSPS) is 10.4. The Hall–Kier alpha value is -3.46. The Labute approximate surface area is 177 Å². The fourth-order valence-corrected chi connectivity index (χ4v) is 3.41. The molecule has 2 aromatic carbocycles. The van der Waals surface area contributed by atoms with Gasteiger partial charge in [0.15, 0.2) is 0 Å². The maximum atomic E-state index is 12.1. The standard InChI is InChI=1S/C21H20N4O4S/c1-29-19-8-3-2-5-15(19)11-12-22-20(26)14-30-21-10-9-18(23-24-21)16-6-4-7-17(13-16)25(27)28/h2-10,13H,11-12,14H2,1H3,(H,22,26). The molecule has 0 aliphatic heterocycles. The second-order valence-electron chi connectivity index (χ2n) is 6.26. The van der Waals surface area contributed by atoms with Crippen molar-refractivity contribution < 1.29 is 14.5 Å². The van der Waals surface area contributed by atoms with Crippen molar-refractivity contribution in [2.24, 2.45) is 0 Å². The van der Waals surface area contributed by atoms with Crippen LogP contribution < -0.4 is 10.1 Å². The zero-order valence-electron chi connectivity index (χ0n) is 16.3. The van der Waals surface area contributed by atoms with Crippen LogP contribution in [-0.4, -0.2) is 40.4 Å². The highest BCUT2D eigenvalue weighted by Gasteiger charge is 2.10. The van der Waals surface area contributed by atoms with Gasteiger partial charge in [-0.05, 0) is 30.2 Å². The molecule has 0 atom stereocenters. The predicted octanol–water partition coefficient (Wildman–Crippen LogP) is 3.51. The van der Waals surface area contributed by atoms with Crippen LogP contribution in [-0.2, 0) is 11.2 Å². The molecular formula is C21H20N4O4S. The highest BCUT2D eigenvalue weighted by molar-refractivity contribution is 7.99. The molecule has 1 heterocycles. The van der Waals surface area contributed by atoms with Gasteiger partial charge in [-0.3, -0.25) is 14.9 Å². The topological polar surface area (TPSA) is 107 Å². The maximum Gasteiger partial charge on any atom is 0.270 e. The van der Waals surface area contributed by atoms with Crippen LogP contribution in [0.1, 0.15) is 5.56 Å². The summed E-state index contributed by atoms with van der Waals surface area (Å²) in [6.45, 7) is 0.511. The molecule has 0 aliphatic rings. The van der Waals surface area contributed by atoms with Gasteiger partial charge in [0.2, 0.25) is 5.91 Å². The molecule has 0 fully saturated rings. The summed E-state index contributed by atoms with van der Waals surface area (Å²) in [5.74, 6) is 0.927. The van der Waals surface area contributed by atoms with E-state index in [4.69, 9.17) is 4.74 Å². The zero-order chi connectivity index (χ0) is 21.3. The molecule has 1 N–H and O–H groups in total. The number of para-hydroxylation sites is 1. The van der Waals surface area contributed by atoms with Crippen molar-refractivity contribution in [1.82, 2.24) is 15.5 Å². The van der Waals surface area contributed by atoms with Gasteiger partial charge in [0.05, 0.1) is 23.5 Å². The molecule has 0 saturated carbocycles. The number of thioether (sulfide) groups is 1. The maximum absolute atomic E-state index is 12.1. The Morgan fingerprint density at radius 3 is 2.70 bits per heavy atom. The summed E-state index contributed by atoms with van der Waals surface area (Å²) in [4.78, 5) is 22.5. The molecule has 0 saturated heterocycles. The largest absolute Gasteiger partial charge is 0.496 e. The molecule has 0 spiro atoms. The quantitative estimate of drug-likeness (QED) is 0.318. The Kier molecular flexibility index (Phi) is 7.34. The lowest BCUT2D eigenvalue weighted by molar-refractivity contribution is -0.384. The molecule has 1 amide bonds.